The molecular formula is C7H14NO2. The Morgan fingerprint density at radius 1 is 1.70 bits per heavy atom. The maximum atomic E-state index is 10.8. The van der Waals surface area contributed by atoms with Gasteiger partial charge in [-0.1, -0.05) is 13.3 Å². The van der Waals surface area contributed by atoms with Crippen LogP contribution in [0.5, 0.6) is 0 Å². The minimum Gasteiger partial charge on any atom is -0.286 e. The molecule has 1 N–H and O–H groups in total. The molecule has 0 saturated heterocycles. The molecule has 0 rings (SSSR count). The van der Waals surface area contributed by atoms with Gasteiger partial charge < -0.3 is 0 Å². The second-order valence-corrected chi connectivity index (χ2v) is 2.07. The Hall–Kier alpha value is -0.570. The van der Waals surface area contributed by atoms with Crippen LogP contribution in [-0.4, -0.2) is 22.7 Å². The molecule has 0 aromatic heterocycles. The number of hydrogen-bond donors (Lipinski definition) is 1. The van der Waals surface area contributed by atoms with Crippen molar-refractivity contribution >= 4 is 5.91 Å². The van der Waals surface area contributed by atoms with Crippen molar-refractivity contribution in [2.75, 3.05) is 6.54 Å². The van der Waals surface area contributed by atoms with E-state index >= 15 is 0 Å². The molecule has 1 amide bonds. The fraction of sp³-hybridized carbons (Fsp3) is 0.714. The Kier molecular flexibility index (Phi) is 4.94. The first-order valence-corrected chi connectivity index (χ1v) is 3.50. The Morgan fingerprint density at radius 3 is 2.70 bits per heavy atom. The highest BCUT2D eigenvalue weighted by Crippen LogP contribution is 1.96. The van der Waals surface area contributed by atoms with Crippen molar-refractivity contribution < 1.29 is 10.0 Å². The fourth-order valence-electron chi connectivity index (χ4n) is 0.582. The van der Waals surface area contributed by atoms with Gasteiger partial charge in [0.05, 0.1) is 0 Å². The maximum Gasteiger partial charge on any atom is 0.245 e. The molecule has 0 fully saturated rings. The van der Waals surface area contributed by atoms with Gasteiger partial charge in [-0.3, -0.25) is 10.0 Å². The predicted molar refractivity (Wildman–Crippen MR) is 38.4 cm³/mol. The maximum absolute atomic E-state index is 10.8. The van der Waals surface area contributed by atoms with E-state index in [0.29, 0.717) is 13.0 Å². The van der Waals surface area contributed by atoms with Crippen LogP contribution in [0.4, 0.5) is 0 Å². The zero-order valence-corrected chi connectivity index (χ0v) is 6.34. The Bertz CT molecular complexity index is 104. The molecule has 0 aliphatic carbocycles. The summed E-state index contributed by atoms with van der Waals surface area (Å²) in [7, 11) is 0. The van der Waals surface area contributed by atoms with Gasteiger partial charge in [-0.2, -0.15) is 0 Å². The Balaban J connectivity index is 3.42. The van der Waals surface area contributed by atoms with Crippen LogP contribution in [-0.2, 0) is 4.79 Å². The van der Waals surface area contributed by atoms with Crippen LogP contribution >= 0.6 is 0 Å². The second-order valence-electron chi connectivity index (χ2n) is 2.07. The zero-order valence-electron chi connectivity index (χ0n) is 6.34. The van der Waals surface area contributed by atoms with Gasteiger partial charge in [0, 0.05) is 13.0 Å². The molecule has 0 bridgehead atoms. The normalized spacial score (nSPS) is 9.50. The molecule has 0 unspecified atom stereocenters. The minimum atomic E-state index is -0.217. The van der Waals surface area contributed by atoms with E-state index in [1.807, 2.05) is 0 Å². The number of nitrogens with zero attached hydrogens (tertiary/aromatic N) is 1. The fourth-order valence-corrected chi connectivity index (χ4v) is 0.582. The van der Waals surface area contributed by atoms with Crippen molar-refractivity contribution in [1.29, 1.82) is 0 Å². The van der Waals surface area contributed by atoms with Gasteiger partial charge in [-0.25, -0.2) is 5.06 Å². The second kappa shape index (κ2) is 5.23. The van der Waals surface area contributed by atoms with Crippen molar-refractivity contribution in [3.8, 4) is 0 Å². The molecule has 0 heterocycles. The van der Waals surface area contributed by atoms with Crippen LogP contribution in [0.3, 0.4) is 0 Å². The third-order valence-electron chi connectivity index (χ3n) is 1.23. The summed E-state index contributed by atoms with van der Waals surface area (Å²) < 4.78 is 0. The first-order chi connectivity index (χ1) is 4.72. The highest BCUT2D eigenvalue weighted by Gasteiger charge is 2.05. The SMILES string of the molecule is [CH2]CCCC(=O)N(O)CC. The van der Waals surface area contributed by atoms with E-state index in [9.17, 15) is 4.79 Å². The highest BCUT2D eigenvalue weighted by molar-refractivity contribution is 5.74. The molecule has 10 heavy (non-hydrogen) atoms. The number of hydrogen-bond acceptors (Lipinski definition) is 2. The summed E-state index contributed by atoms with van der Waals surface area (Å²) in [5, 5.41) is 9.55. The van der Waals surface area contributed by atoms with E-state index < -0.39 is 0 Å². The lowest BCUT2D eigenvalue weighted by atomic mass is 10.2. The standard InChI is InChI=1S/C7H14NO2/c1-3-5-6-7(9)8(10)4-2/h10H,1,3-6H2,2H3. The summed E-state index contributed by atoms with van der Waals surface area (Å²) in [6, 6.07) is 0. The molecule has 59 valence electrons. The number of rotatable bonds is 4. The molecule has 3 nitrogen and oxygen atoms in total. The average molecular weight is 144 g/mol. The number of carbonyl (C=O) groups excluding carboxylic acids is 1. The predicted octanol–water partition coefficient (Wildman–Crippen LogP) is 1.23. The zero-order chi connectivity index (χ0) is 7.98. The quantitative estimate of drug-likeness (QED) is 0.476. The van der Waals surface area contributed by atoms with Crippen molar-refractivity contribution in [3.63, 3.8) is 0 Å². The summed E-state index contributed by atoms with van der Waals surface area (Å²) in [6.45, 7) is 5.67. The van der Waals surface area contributed by atoms with Gasteiger partial charge >= 0.3 is 0 Å². The first-order valence-electron chi connectivity index (χ1n) is 3.50. The lowest BCUT2D eigenvalue weighted by Gasteiger charge is -2.10. The minimum absolute atomic E-state index is 0.217. The molecule has 0 saturated carbocycles. The van der Waals surface area contributed by atoms with Crippen molar-refractivity contribution in [2.45, 2.75) is 26.2 Å². The lowest BCUT2D eigenvalue weighted by Crippen LogP contribution is -2.26. The Labute approximate surface area is 61.6 Å². The average Bonchev–Trinajstić information content (AvgIpc) is 1.98. The van der Waals surface area contributed by atoms with Crippen molar-refractivity contribution in [1.82, 2.24) is 5.06 Å². The van der Waals surface area contributed by atoms with E-state index in [2.05, 4.69) is 6.92 Å². The molecule has 0 atom stereocenters. The van der Waals surface area contributed by atoms with Gasteiger partial charge in [0.1, 0.15) is 0 Å². The van der Waals surface area contributed by atoms with E-state index in [0.717, 1.165) is 17.9 Å². The first kappa shape index (κ1) is 9.43. The van der Waals surface area contributed by atoms with E-state index in [1.165, 1.54) is 0 Å². The van der Waals surface area contributed by atoms with Gasteiger partial charge in [-0.15, -0.1) is 0 Å². The van der Waals surface area contributed by atoms with Gasteiger partial charge in [0.25, 0.3) is 0 Å². The van der Waals surface area contributed by atoms with Crippen LogP contribution < -0.4 is 0 Å². The number of amides is 1. The molecule has 0 aromatic rings. The third kappa shape index (κ3) is 3.45. The lowest BCUT2D eigenvalue weighted by molar-refractivity contribution is -0.164. The van der Waals surface area contributed by atoms with Crippen LogP contribution in [0.25, 0.3) is 0 Å². The van der Waals surface area contributed by atoms with Crippen LogP contribution in [0, 0.1) is 6.92 Å². The number of hydroxylamine groups is 2. The monoisotopic (exact) mass is 144 g/mol. The van der Waals surface area contributed by atoms with Gasteiger partial charge in [0.15, 0.2) is 0 Å². The van der Waals surface area contributed by atoms with E-state index in [-0.39, 0.29) is 5.91 Å². The molecule has 0 aliphatic rings. The van der Waals surface area contributed by atoms with E-state index in [1.54, 1.807) is 6.92 Å². The van der Waals surface area contributed by atoms with Crippen LogP contribution in [0.15, 0.2) is 0 Å². The molecule has 1 radical (unpaired) electrons. The summed E-state index contributed by atoms with van der Waals surface area (Å²) in [6.07, 6.45) is 1.88. The smallest absolute Gasteiger partial charge is 0.245 e. The summed E-state index contributed by atoms with van der Waals surface area (Å²) in [5.74, 6) is -0.217. The summed E-state index contributed by atoms with van der Waals surface area (Å²) in [5.41, 5.74) is 0. The van der Waals surface area contributed by atoms with Crippen LogP contribution in [0.2, 0.25) is 0 Å². The van der Waals surface area contributed by atoms with Crippen molar-refractivity contribution in [3.05, 3.63) is 6.92 Å². The van der Waals surface area contributed by atoms with E-state index in [4.69, 9.17) is 5.21 Å². The molecule has 0 aromatic carbocycles. The van der Waals surface area contributed by atoms with Crippen molar-refractivity contribution in [2.24, 2.45) is 0 Å². The molecule has 3 heteroatoms. The molecule has 0 aliphatic heterocycles. The highest BCUT2D eigenvalue weighted by atomic mass is 16.5. The largest absolute Gasteiger partial charge is 0.286 e. The molecule has 0 spiro atoms. The van der Waals surface area contributed by atoms with Crippen LogP contribution in [0.1, 0.15) is 26.2 Å². The Morgan fingerprint density at radius 2 is 2.30 bits per heavy atom. The van der Waals surface area contributed by atoms with Gasteiger partial charge in [-0.05, 0) is 13.3 Å². The topological polar surface area (TPSA) is 40.5 Å². The summed E-state index contributed by atoms with van der Waals surface area (Å²) in [4.78, 5) is 10.8. The van der Waals surface area contributed by atoms with Gasteiger partial charge in [0.2, 0.25) is 5.91 Å². The summed E-state index contributed by atoms with van der Waals surface area (Å²) >= 11 is 0. The number of carbonyl (C=O) groups is 1. The molecular weight excluding hydrogens is 130 g/mol. The third-order valence-corrected chi connectivity index (χ3v) is 1.23. The number of unbranched alkanes of at least 4 members (excludes halogenated alkanes) is 1.